The molecule has 1 aromatic heterocycles. The highest BCUT2D eigenvalue weighted by Crippen LogP contribution is 2.40. The Kier molecular flexibility index (Phi) is 6.97. The Balaban J connectivity index is 2.06. The number of nitrogens with zero attached hydrogens (tertiary/aromatic N) is 3. The summed E-state index contributed by atoms with van der Waals surface area (Å²) in [4.78, 5) is 34.3. The highest BCUT2D eigenvalue weighted by atomic mass is 35.5. The lowest BCUT2D eigenvalue weighted by Crippen LogP contribution is -2.62. The summed E-state index contributed by atoms with van der Waals surface area (Å²) in [6.07, 6.45) is -2.87. The largest absolute Gasteiger partial charge is 0.573 e. The molecule has 0 bridgehead atoms. The molecule has 1 unspecified atom stereocenters. The number of nitrogens with one attached hydrogen (secondary N) is 1. The third kappa shape index (κ3) is 5.51. The maximum atomic E-state index is 14.0. The predicted molar refractivity (Wildman–Crippen MR) is 107 cm³/mol. The van der Waals surface area contributed by atoms with E-state index in [0.717, 1.165) is 43.0 Å². The molecule has 0 radical (unpaired) electrons. The third-order valence-corrected chi connectivity index (χ3v) is 5.36. The second-order valence-corrected chi connectivity index (χ2v) is 8.03. The van der Waals surface area contributed by atoms with Crippen molar-refractivity contribution in [3.63, 3.8) is 0 Å². The molecule has 0 saturated heterocycles. The number of carbonyl (C=O) groups excluding carboxylic acids is 2. The first-order valence-corrected chi connectivity index (χ1v) is 10.1. The predicted octanol–water partition coefficient (Wildman–Crippen LogP) is 4.07. The van der Waals surface area contributed by atoms with Gasteiger partial charge in [0.25, 0.3) is 23.4 Å². The summed E-state index contributed by atoms with van der Waals surface area (Å²) in [7, 11) is 0. The minimum absolute atomic E-state index is 0.0418. The summed E-state index contributed by atoms with van der Waals surface area (Å²) < 4.78 is 81.8. The van der Waals surface area contributed by atoms with Crippen LogP contribution in [0.4, 0.5) is 32.0 Å². The zero-order valence-corrected chi connectivity index (χ0v) is 18.1. The number of carbonyl (C=O) groups is 2. The van der Waals surface area contributed by atoms with Gasteiger partial charge in [0, 0.05) is 42.5 Å². The van der Waals surface area contributed by atoms with Crippen LogP contribution in [-0.2, 0) is 15.1 Å². The van der Waals surface area contributed by atoms with Crippen LogP contribution in [0, 0.1) is 0 Å². The van der Waals surface area contributed by atoms with Crippen LogP contribution in [0.3, 0.4) is 0 Å². The Bertz CT molecular complexity index is 1030. The zero-order chi connectivity index (χ0) is 25.3. The minimum Gasteiger partial charge on any atom is -0.406 e. The maximum Gasteiger partial charge on any atom is 0.573 e. The molecule has 1 aliphatic rings. The monoisotopic (exact) mass is 510 g/mol. The Hall–Kier alpha value is -3.09. The fraction of sp³-hybridized carbons (Fsp3) is 0.400. The molecule has 34 heavy (non-hydrogen) atoms. The van der Waals surface area contributed by atoms with Crippen LogP contribution in [0.1, 0.15) is 25.3 Å². The molecule has 14 heteroatoms. The van der Waals surface area contributed by atoms with E-state index in [1.807, 2.05) is 0 Å². The first kappa shape index (κ1) is 25.5. The average molecular weight is 511 g/mol. The van der Waals surface area contributed by atoms with Gasteiger partial charge in [-0.2, -0.15) is 0 Å². The van der Waals surface area contributed by atoms with Crippen LogP contribution < -0.4 is 15.0 Å². The SMILES string of the molecule is CC(C(=O)NC1CC(F)(F)C1)(c1cncnc1)N(C(=O)[C@H](F)Cl)c1ccc(OC(F)(F)F)cc1. The Morgan fingerprint density at radius 2 is 1.74 bits per heavy atom. The fourth-order valence-corrected chi connectivity index (χ4v) is 3.60. The molecule has 3 rings (SSSR count). The lowest BCUT2D eigenvalue weighted by atomic mass is 9.85. The molecule has 7 nitrogen and oxygen atoms in total. The van der Waals surface area contributed by atoms with Crippen LogP contribution in [0.25, 0.3) is 0 Å². The van der Waals surface area contributed by atoms with E-state index >= 15 is 0 Å². The normalized spacial score (nSPS) is 18.2. The van der Waals surface area contributed by atoms with Gasteiger partial charge in [-0.3, -0.25) is 14.5 Å². The van der Waals surface area contributed by atoms with Gasteiger partial charge >= 0.3 is 6.36 Å². The topological polar surface area (TPSA) is 84.4 Å². The van der Waals surface area contributed by atoms with E-state index in [9.17, 15) is 35.9 Å². The summed E-state index contributed by atoms with van der Waals surface area (Å²) in [5.74, 6) is -6.03. The van der Waals surface area contributed by atoms with Crippen molar-refractivity contribution in [3.8, 4) is 5.75 Å². The van der Waals surface area contributed by atoms with Gasteiger partial charge < -0.3 is 10.1 Å². The van der Waals surface area contributed by atoms with Gasteiger partial charge in [-0.05, 0) is 31.2 Å². The summed E-state index contributed by atoms with van der Waals surface area (Å²) in [6, 6.07) is 2.72. The Morgan fingerprint density at radius 3 is 2.21 bits per heavy atom. The van der Waals surface area contributed by atoms with Gasteiger partial charge in [-0.1, -0.05) is 11.6 Å². The van der Waals surface area contributed by atoms with E-state index in [1.165, 1.54) is 6.92 Å². The van der Waals surface area contributed by atoms with E-state index in [4.69, 9.17) is 11.6 Å². The quantitative estimate of drug-likeness (QED) is 0.448. The minimum atomic E-state index is -4.99. The lowest BCUT2D eigenvalue weighted by molar-refractivity contribution is -0.274. The molecule has 1 aromatic carbocycles. The third-order valence-electron chi connectivity index (χ3n) is 5.17. The molecule has 1 heterocycles. The van der Waals surface area contributed by atoms with Crippen LogP contribution in [0.5, 0.6) is 5.75 Å². The lowest BCUT2D eigenvalue weighted by Gasteiger charge is -2.43. The van der Waals surface area contributed by atoms with E-state index in [1.54, 1.807) is 0 Å². The number of hydrogen-bond acceptors (Lipinski definition) is 5. The molecule has 1 saturated carbocycles. The molecule has 1 N–H and O–H groups in total. The number of halogens is 7. The molecular formula is C20H17ClF6N4O3. The van der Waals surface area contributed by atoms with Crippen molar-refractivity contribution in [1.29, 1.82) is 0 Å². The number of alkyl halides is 7. The summed E-state index contributed by atoms with van der Waals surface area (Å²) >= 11 is 5.38. The second kappa shape index (κ2) is 9.28. The first-order valence-electron chi connectivity index (χ1n) is 9.65. The van der Waals surface area contributed by atoms with Crippen molar-refractivity contribution in [2.24, 2.45) is 0 Å². The fourth-order valence-electron chi connectivity index (χ4n) is 3.50. The number of hydrogen-bond donors (Lipinski definition) is 1. The molecule has 1 aliphatic carbocycles. The van der Waals surface area contributed by atoms with Crippen molar-refractivity contribution in [3.05, 3.63) is 48.5 Å². The first-order chi connectivity index (χ1) is 15.7. The van der Waals surface area contributed by atoms with Crippen molar-refractivity contribution in [2.75, 3.05) is 4.90 Å². The standard InChI is InChI=1S/C20H17ClF6N4O3/c1-18(11-8-28-10-29-9-11,17(33)30-12-6-19(23,24)7-12)31(16(32)15(21)22)13-2-4-14(5-3-13)34-20(25,26)27/h2-5,8-10,12,15H,6-7H2,1H3,(H,30,33)/t15-,18?/m0/s1. The van der Waals surface area contributed by atoms with Crippen LogP contribution >= 0.6 is 11.6 Å². The van der Waals surface area contributed by atoms with Crippen molar-refractivity contribution < 1.29 is 40.7 Å². The summed E-state index contributed by atoms with van der Waals surface area (Å²) in [5, 5.41) is 2.39. The van der Waals surface area contributed by atoms with E-state index < -0.39 is 59.9 Å². The van der Waals surface area contributed by atoms with Crippen LogP contribution in [0.2, 0.25) is 0 Å². The van der Waals surface area contributed by atoms with E-state index in [0.29, 0.717) is 4.90 Å². The Labute approximate surface area is 194 Å². The van der Waals surface area contributed by atoms with Crippen LogP contribution in [0.15, 0.2) is 43.0 Å². The van der Waals surface area contributed by atoms with Gasteiger partial charge in [-0.25, -0.2) is 23.1 Å². The number of benzene rings is 1. The maximum absolute atomic E-state index is 14.0. The number of ether oxygens (including phenoxy) is 1. The highest BCUT2D eigenvalue weighted by molar-refractivity contribution is 6.32. The van der Waals surface area contributed by atoms with Gasteiger partial charge in [0.2, 0.25) is 0 Å². The smallest absolute Gasteiger partial charge is 0.406 e. The number of anilines is 1. The number of rotatable bonds is 7. The van der Waals surface area contributed by atoms with Gasteiger partial charge in [0.1, 0.15) is 12.1 Å². The van der Waals surface area contributed by atoms with Crippen molar-refractivity contribution >= 4 is 29.1 Å². The van der Waals surface area contributed by atoms with Gasteiger partial charge in [0.05, 0.1) is 0 Å². The molecule has 2 amide bonds. The molecule has 0 aliphatic heterocycles. The molecular weight excluding hydrogens is 494 g/mol. The van der Waals surface area contributed by atoms with Crippen LogP contribution in [-0.4, -0.2) is 45.7 Å². The van der Waals surface area contributed by atoms with Crippen molar-refractivity contribution in [2.45, 2.75) is 49.3 Å². The number of amides is 2. The van der Waals surface area contributed by atoms with Crippen molar-refractivity contribution in [1.82, 2.24) is 15.3 Å². The summed E-state index contributed by atoms with van der Waals surface area (Å²) in [5.41, 5.74) is -5.06. The molecule has 1 fully saturated rings. The molecule has 2 atom stereocenters. The van der Waals surface area contributed by atoms with Gasteiger partial charge in [0.15, 0.2) is 5.54 Å². The molecule has 2 aromatic rings. The zero-order valence-electron chi connectivity index (χ0n) is 17.3. The highest BCUT2D eigenvalue weighted by Gasteiger charge is 2.51. The number of aromatic nitrogens is 2. The molecule has 184 valence electrons. The van der Waals surface area contributed by atoms with E-state index in [-0.39, 0.29) is 11.3 Å². The van der Waals surface area contributed by atoms with Gasteiger partial charge in [-0.15, -0.1) is 13.2 Å². The Morgan fingerprint density at radius 1 is 1.18 bits per heavy atom. The van der Waals surface area contributed by atoms with E-state index in [2.05, 4.69) is 20.0 Å². The summed E-state index contributed by atoms with van der Waals surface area (Å²) in [6.45, 7) is 1.18. The molecule has 0 spiro atoms. The second-order valence-electron chi connectivity index (χ2n) is 7.65. The average Bonchev–Trinajstić information content (AvgIpc) is 2.73.